The molecule has 1 aromatic heterocycles. The number of hydrogen-bond acceptors (Lipinski definition) is 4. The van der Waals surface area contributed by atoms with E-state index in [2.05, 4.69) is 15.6 Å². The molecule has 5 rings (SSSR count). The van der Waals surface area contributed by atoms with Crippen LogP contribution in [0.3, 0.4) is 0 Å². The Balaban J connectivity index is 1.60. The highest BCUT2D eigenvalue weighted by atomic mass is 19.1. The van der Waals surface area contributed by atoms with Gasteiger partial charge in [0.25, 0.3) is 11.8 Å². The molecule has 0 fully saturated rings. The van der Waals surface area contributed by atoms with E-state index in [1.54, 1.807) is 17.0 Å². The molecule has 0 unspecified atom stereocenters. The van der Waals surface area contributed by atoms with Gasteiger partial charge in [0, 0.05) is 33.2 Å². The Hall–Kier alpha value is -5.02. The van der Waals surface area contributed by atoms with E-state index in [0.717, 1.165) is 33.0 Å². The molecule has 0 aliphatic heterocycles. The number of fused-ring (bicyclic) bond motifs is 3. The molecule has 8 nitrogen and oxygen atoms in total. The van der Waals surface area contributed by atoms with Gasteiger partial charge in [0.15, 0.2) is 0 Å². The van der Waals surface area contributed by atoms with Crippen LogP contribution in [0.2, 0.25) is 0 Å². The fourth-order valence-corrected chi connectivity index (χ4v) is 4.87. The van der Waals surface area contributed by atoms with Crippen LogP contribution in [0.25, 0.3) is 32.9 Å². The van der Waals surface area contributed by atoms with Crippen LogP contribution < -0.4 is 16.4 Å². The second-order valence-corrected chi connectivity index (χ2v) is 9.89. The normalized spacial score (nSPS) is 11.2. The number of nitrogens with two attached hydrogens (primary N) is 1. The van der Waals surface area contributed by atoms with Crippen molar-refractivity contribution in [1.29, 1.82) is 0 Å². The molecule has 202 valence electrons. The lowest BCUT2D eigenvalue weighted by Gasteiger charge is -2.15. The summed E-state index contributed by atoms with van der Waals surface area (Å²) in [6, 6.07) is 20.0. The van der Waals surface area contributed by atoms with Crippen LogP contribution >= 0.6 is 0 Å². The zero-order valence-corrected chi connectivity index (χ0v) is 22.3. The number of rotatable bonds is 7. The Morgan fingerprint density at radius 2 is 1.68 bits per heavy atom. The number of benzene rings is 4. The Labute approximate surface area is 230 Å². The first-order valence-corrected chi connectivity index (χ1v) is 12.6. The van der Waals surface area contributed by atoms with Crippen molar-refractivity contribution in [3.8, 4) is 11.1 Å². The van der Waals surface area contributed by atoms with Crippen molar-refractivity contribution in [2.75, 3.05) is 31.3 Å². The summed E-state index contributed by atoms with van der Waals surface area (Å²) < 4.78 is 13.3. The van der Waals surface area contributed by atoms with Crippen LogP contribution in [0.5, 0.6) is 0 Å². The molecule has 0 saturated carbocycles. The smallest absolute Gasteiger partial charge is 0.255 e. The summed E-state index contributed by atoms with van der Waals surface area (Å²) in [6.07, 6.45) is 0. The number of aromatic nitrogens is 1. The van der Waals surface area contributed by atoms with Gasteiger partial charge in [-0.2, -0.15) is 0 Å². The average Bonchev–Trinajstić information content (AvgIpc) is 3.28. The van der Waals surface area contributed by atoms with E-state index in [-0.39, 0.29) is 18.4 Å². The summed E-state index contributed by atoms with van der Waals surface area (Å²) in [4.78, 5) is 42.6. The van der Waals surface area contributed by atoms with E-state index < -0.39 is 11.7 Å². The Bertz CT molecular complexity index is 1790. The van der Waals surface area contributed by atoms with E-state index in [9.17, 15) is 18.8 Å². The van der Waals surface area contributed by atoms with Gasteiger partial charge in [-0.1, -0.05) is 24.3 Å². The topological polar surface area (TPSA) is 120 Å². The highest BCUT2D eigenvalue weighted by Crippen LogP contribution is 2.39. The number of amides is 3. The van der Waals surface area contributed by atoms with Gasteiger partial charge in [0.1, 0.15) is 5.82 Å². The molecule has 4 aromatic carbocycles. The molecule has 0 spiro atoms. The first-order chi connectivity index (χ1) is 19.1. The number of aromatic amines is 1. The number of likely N-dealkylation sites (N-methyl/N-ethyl adjacent to an activating group) is 1. The Kier molecular flexibility index (Phi) is 7.06. The van der Waals surface area contributed by atoms with E-state index in [4.69, 9.17) is 5.73 Å². The van der Waals surface area contributed by atoms with Crippen molar-refractivity contribution in [3.63, 3.8) is 0 Å². The highest BCUT2D eigenvalue weighted by molar-refractivity contribution is 6.20. The molecule has 0 aliphatic rings. The van der Waals surface area contributed by atoms with E-state index in [0.29, 0.717) is 28.0 Å². The predicted molar refractivity (Wildman–Crippen MR) is 156 cm³/mol. The first kappa shape index (κ1) is 26.6. The third kappa shape index (κ3) is 5.14. The van der Waals surface area contributed by atoms with Crippen LogP contribution in [0.1, 0.15) is 26.3 Å². The summed E-state index contributed by atoms with van der Waals surface area (Å²) in [5, 5.41) is 7.45. The third-order valence-electron chi connectivity index (χ3n) is 6.74. The maximum absolute atomic E-state index is 13.3. The molecular weight excluding hydrogens is 509 g/mol. The summed E-state index contributed by atoms with van der Waals surface area (Å²) in [7, 11) is 3.64. The number of nitrogens with zero attached hydrogens (tertiary/aromatic N) is 1. The molecule has 40 heavy (non-hydrogen) atoms. The molecule has 0 atom stereocenters. The maximum Gasteiger partial charge on any atom is 0.255 e. The van der Waals surface area contributed by atoms with Gasteiger partial charge >= 0.3 is 0 Å². The van der Waals surface area contributed by atoms with Gasteiger partial charge in [-0.05, 0) is 86.2 Å². The number of primary amides is 1. The number of H-pyrrole nitrogens is 1. The van der Waals surface area contributed by atoms with Crippen molar-refractivity contribution < 1.29 is 18.8 Å². The first-order valence-electron chi connectivity index (χ1n) is 12.6. The summed E-state index contributed by atoms with van der Waals surface area (Å²) in [6.45, 7) is 2.14. The number of anilines is 2. The predicted octanol–water partition coefficient (Wildman–Crippen LogP) is 5.29. The van der Waals surface area contributed by atoms with Gasteiger partial charge in [-0.15, -0.1) is 0 Å². The van der Waals surface area contributed by atoms with Gasteiger partial charge in [-0.3, -0.25) is 14.4 Å². The fraction of sp³-hybridized carbons (Fsp3) is 0.129. The second kappa shape index (κ2) is 10.6. The molecule has 3 amide bonds. The minimum atomic E-state index is -0.570. The van der Waals surface area contributed by atoms with Crippen LogP contribution in [0.4, 0.5) is 15.8 Å². The third-order valence-corrected chi connectivity index (χ3v) is 6.74. The fourth-order valence-electron chi connectivity index (χ4n) is 4.87. The van der Waals surface area contributed by atoms with Gasteiger partial charge in [0.2, 0.25) is 5.91 Å². The van der Waals surface area contributed by atoms with Gasteiger partial charge < -0.3 is 26.3 Å². The molecular formula is C31H28FN5O3. The lowest BCUT2D eigenvalue weighted by Crippen LogP contribution is -2.27. The Morgan fingerprint density at radius 1 is 0.925 bits per heavy atom. The average molecular weight is 538 g/mol. The molecule has 9 heteroatoms. The molecule has 0 aliphatic carbocycles. The largest absolute Gasteiger partial charge is 0.366 e. The van der Waals surface area contributed by atoms with Crippen molar-refractivity contribution in [2.24, 2.45) is 5.73 Å². The summed E-state index contributed by atoms with van der Waals surface area (Å²) >= 11 is 0. The zero-order valence-electron chi connectivity index (χ0n) is 22.3. The minimum absolute atomic E-state index is 0.144. The quantitative estimate of drug-likeness (QED) is 0.226. The minimum Gasteiger partial charge on any atom is -0.366 e. The Morgan fingerprint density at radius 3 is 2.38 bits per heavy atom. The molecule has 0 saturated heterocycles. The zero-order chi connectivity index (χ0) is 28.6. The molecule has 0 bridgehead atoms. The standard InChI is InChI=1S/C31H28FN5O3/c1-17-21(5-4-6-25(17)36-31(40)18-7-9-19(32)10-8-18)22-13-14-24(30(33)39)29-28(22)23-12-11-20(15-26(23)35-29)34-27(38)16-37(2)3/h4-15,35H,16H2,1-3H3,(H2,33,39)(H,34,38)(H,36,40). The van der Waals surface area contributed by atoms with Crippen LogP contribution in [-0.2, 0) is 4.79 Å². The molecule has 1 heterocycles. The molecule has 5 aromatic rings. The number of nitrogens with one attached hydrogen (secondary N) is 3. The van der Waals surface area contributed by atoms with Crippen LogP contribution in [0.15, 0.2) is 72.8 Å². The van der Waals surface area contributed by atoms with E-state index >= 15 is 0 Å². The van der Waals surface area contributed by atoms with Crippen molar-refractivity contribution >= 4 is 50.9 Å². The molecule has 5 N–H and O–H groups in total. The van der Waals surface area contributed by atoms with E-state index in [1.807, 2.05) is 57.4 Å². The van der Waals surface area contributed by atoms with Crippen LogP contribution in [0, 0.1) is 12.7 Å². The lowest BCUT2D eigenvalue weighted by molar-refractivity contribution is -0.116. The monoisotopic (exact) mass is 537 g/mol. The van der Waals surface area contributed by atoms with Gasteiger partial charge in [0.05, 0.1) is 17.6 Å². The van der Waals surface area contributed by atoms with Crippen molar-refractivity contribution in [2.45, 2.75) is 6.92 Å². The number of carbonyl (C=O) groups is 3. The SMILES string of the molecule is Cc1c(NC(=O)c2ccc(F)cc2)cccc1-c1ccc(C(N)=O)c2[nH]c3cc(NC(=O)CN(C)C)ccc3c12. The number of carbonyl (C=O) groups excluding carboxylic acids is 3. The van der Waals surface area contributed by atoms with E-state index in [1.165, 1.54) is 24.3 Å². The van der Waals surface area contributed by atoms with Gasteiger partial charge in [-0.25, -0.2) is 4.39 Å². The highest BCUT2D eigenvalue weighted by Gasteiger charge is 2.19. The molecule has 0 radical (unpaired) electrons. The number of hydrogen-bond donors (Lipinski definition) is 4. The van der Waals surface area contributed by atoms with Crippen molar-refractivity contribution in [1.82, 2.24) is 9.88 Å². The number of halogens is 1. The van der Waals surface area contributed by atoms with Crippen LogP contribution in [-0.4, -0.2) is 48.2 Å². The maximum atomic E-state index is 13.3. The van der Waals surface area contributed by atoms with Crippen molar-refractivity contribution in [3.05, 3.63) is 95.3 Å². The second-order valence-electron chi connectivity index (χ2n) is 9.89. The summed E-state index contributed by atoms with van der Waals surface area (Å²) in [5.41, 5.74) is 11.4. The lowest BCUT2D eigenvalue weighted by atomic mass is 9.93. The summed E-state index contributed by atoms with van der Waals surface area (Å²) in [5.74, 6) is -1.49.